The molecule has 0 amide bonds. The lowest BCUT2D eigenvalue weighted by molar-refractivity contribution is 1.17. The fourth-order valence-electron chi connectivity index (χ4n) is 1.25. The van der Waals surface area contributed by atoms with E-state index in [1.165, 1.54) is 0 Å². The zero-order valence-electron chi connectivity index (χ0n) is 7.27. The van der Waals surface area contributed by atoms with Crippen LogP contribution in [0.25, 0.3) is 0 Å². The van der Waals surface area contributed by atoms with E-state index in [1.807, 2.05) is 30.3 Å². The average Bonchev–Trinajstić information content (AvgIpc) is 2.53. The van der Waals surface area contributed by atoms with Crippen molar-refractivity contribution in [2.24, 2.45) is 15.7 Å². The summed E-state index contributed by atoms with van der Waals surface area (Å²) in [4.78, 5) is 8.49. The third-order valence-electron chi connectivity index (χ3n) is 1.89. The van der Waals surface area contributed by atoms with Crippen LogP contribution in [-0.4, -0.2) is 11.7 Å². The molecule has 3 nitrogen and oxygen atoms in total. The maximum atomic E-state index is 5.55. The van der Waals surface area contributed by atoms with Crippen molar-refractivity contribution >= 4 is 17.4 Å². The number of nitrogens with two attached hydrogens (primary N) is 1. The van der Waals surface area contributed by atoms with Crippen LogP contribution in [0.2, 0.25) is 0 Å². The molecule has 1 aromatic rings. The van der Waals surface area contributed by atoms with E-state index in [9.17, 15) is 0 Å². The number of amidine groups is 2. The molecule has 3 heteroatoms. The molecule has 0 bridgehead atoms. The van der Waals surface area contributed by atoms with Gasteiger partial charge in [0.2, 0.25) is 0 Å². The Kier molecular flexibility index (Phi) is 2.08. The summed E-state index contributed by atoms with van der Waals surface area (Å²) in [6.07, 6.45) is 1.70. The molecule has 0 aliphatic carbocycles. The van der Waals surface area contributed by atoms with Gasteiger partial charge in [-0.05, 0) is 12.1 Å². The third-order valence-corrected chi connectivity index (χ3v) is 1.89. The first-order valence-electron chi connectivity index (χ1n) is 4.30. The molecule has 0 fully saturated rings. The smallest absolute Gasteiger partial charge is 0.131 e. The van der Waals surface area contributed by atoms with Crippen molar-refractivity contribution in [1.29, 1.82) is 0 Å². The van der Waals surface area contributed by atoms with E-state index in [1.54, 1.807) is 0 Å². The number of nitrogens with zero attached hydrogens (tertiary/aromatic N) is 2. The molecule has 1 aromatic carbocycles. The summed E-state index contributed by atoms with van der Waals surface area (Å²) in [6, 6.07) is 9.80. The predicted octanol–water partition coefficient (Wildman–Crippen LogP) is 1.87. The molecule has 2 rings (SSSR count). The van der Waals surface area contributed by atoms with Gasteiger partial charge in [-0.1, -0.05) is 18.2 Å². The molecule has 0 spiro atoms. The first-order chi connectivity index (χ1) is 6.34. The zero-order chi connectivity index (χ0) is 9.10. The molecule has 0 atom stereocenters. The zero-order valence-corrected chi connectivity index (χ0v) is 7.27. The topological polar surface area (TPSA) is 50.7 Å². The van der Waals surface area contributed by atoms with Crippen LogP contribution in [0.4, 0.5) is 5.69 Å². The quantitative estimate of drug-likeness (QED) is 0.692. The summed E-state index contributed by atoms with van der Waals surface area (Å²) in [6.45, 7) is 0. The van der Waals surface area contributed by atoms with Gasteiger partial charge in [0, 0.05) is 12.8 Å². The molecule has 1 heterocycles. The molecular formula is C10H11N3. The van der Waals surface area contributed by atoms with Gasteiger partial charge in [0.25, 0.3) is 0 Å². The van der Waals surface area contributed by atoms with Crippen molar-refractivity contribution in [3.05, 3.63) is 30.3 Å². The fraction of sp³-hybridized carbons (Fsp3) is 0.200. The van der Waals surface area contributed by atoms with E-state index in [2.05, 4.69) is 9.98 Å². The van der Waals surface area contributed by atoms with Gasteiger partial charge in [0.1, 0.15) is 11.7 Å². The molecule has 1 aliphatic heterocycles. The standard InChI is InChI=1S/C10H11N3/c11-9-6-7-10(13-9)12-8-4-2-1-3-5-8/h1-5H,6-7H2,(H2,11,12,13). The van der Waals surface area contributed by atoms with E-state index in [-0.39, 0.29) is 0 Å². The van der Waals surface area contributed by atoms with E-state index in [0.717, 1.165) is 24.4 Å². The van der Waals surface area contributed by atoms with Gasteiger partial charge < -0.3 is 5.73 Å². The minimum absolute atomic E-state index is 0.690. The molecule has 2 N–H and O–H groups in total. The Morgan fingerprint density at radius 2 is 1.92 bits per heavy atom. The maximum absolute atomic E-state index is 5.55. The number of para-hydroxylation sites is 1. The van der Waals surface area contributed by atoms with E-state index in [0.29, 0.717) is 5.84 Å². The Bertz CT molecular complexity index is 352. The van der Waals surface area contributed by atoms with Gasteiger partial charge in [-0.3, -0.25) is 0 Å². The Morgan fingerprint density at radius 3 is 2.54 bits per heavy atom. The van der Waals surface area contributed by atoms with Gasteiger partial charge in [0.15, 0.2) is 0 Å². The van der Waals surface area contributed by atoms with Gasteiger partial charge in [-0.15, -0.1) is 0 Å². The Labute approximate surface area is 77.0 Å². The van der Waals surface area contributed by atoms with Crippen LogP contribution in [0.1, 0.15) is 12.8 Å². The lowest BCUT2D eigenvalue weighted by Gasteiger charge is -1.92. The van der Waals surface area contributed by atoms with Gasteiger partial charge >= 0.3 is 0 Å². The second-order valence-corrected chi connectivity index (χ2v) is 2.97. The summed E-state index contributed by atoms with van der Waals surface area (Å²) in [5, 5.41) is 0. The number of aliphatic imine (C=N–C) groups is 2. The molecular weight excluding hydrogens is 162 g/mol. The molecule has 66 valence electrons. The summed E-state index contributed by atoms with van der Waals surface area (Å²) in [5.74, 6) is 1.53. The highest BCUT2D eigenvalue weighted by Gasteiger charge is 2.08. The molecule has 0 saturated carbocycles. The minimum Gasteiger partial charge on any atom is -0.387 e. The van der Waals surface area contributed by atoms with Crippen molar-refractivity contribution in [2.45, 2.75) is 12.8 Å². The van der Waals surface area contributed by atoms with Crippen molar-refractivity contribution in [3.8, 4) is 0 Å². The maximum Gasteiger partial charge on any atom is 0.131 e. The average molecular weight is 173 g/mol. The van der Waals surface area contributed by atoms with Crippen LogP contribution in [0.15, 0.2) is 40.3 Å². The second-order valence-electron chi connectivity index (χ2n) is 2.97. The summed E-state index contributed by atoms with van der Waals surface area (Å²) < 4.78 is 0. The molecule has 0 unspecified atom stereocenters. The summed E-state index contributed by atoms with van der Waals surface area (Å²) in [5.41, 5.74) is 6.49. The molecule has 1 aliphatic rings. The minimum atomic E-state index is 0.690. The number of benzene rings is 1. The first-order valence-corrected chi connectivity index (χ1v) is 4.30. The van der Waals surface area contributed by atoms with Gasteiger partial charge in [-0.25, -0.2) is 9.98 Å². The van der Waals surface area contributed by atoms with Crippen LogP contribution in [0, 0.1) is 0 Å². The Morgan fingerprint density at radius 1 is 1.15 bits per heavy atom. The molecule has 0 aromatic heterocycles. The van der Waals surface area contributed by atoms with E-state index < -0.39 is 0 Å². The van der Waals surface area contributed by atoms with E-state index >= 15 is 0 Å². The van der Waals surface area contributed by atoms with Gasteiger partial charge in [0.05, 0.1) is 5.69 Å². The SMILES string of the molecule is NC1=NC(=Nc2ccccc2)CC1. The van der Waals surface area contributed by atoms with Crippen molar-refractivity contribution in [3.63, 3.8) is 0 Å². The number of hydrogen-bond acceptors (Lipinski definition) is 2. The molecule has 0 saturated heterocycles. The normalized spacial score (nSPS) is 19.1. The third kappa shape index (κ3) is 1.93. The van der Waals surface area contributed by atoms with Crippen LogP contribution in [0.3, 0.4) is 0 Å². The molecule has 0 radical (unpaired) electrons. The van der Waals surface area contributed by atoms with Crippen molar-refractivity contribution < 1.29 is 0 Å². The highest BCUT2D eigenvalue weighted by molar-refractivity contribution is 6.03. The van der Waals surface area contributed by atoms with Crippen LogP contribution in [0.5, 0.6) is 0 Å². The lowest BCUT2D eigenvalue weighted by atomic mass is 10.3. The lowest BCUT2D eigenvalue weighted by Crippen LogP contribution is -2.05. The largest absolute Gasteiger partial charge is 0.387 e. The number of rotatable bonds is 1. The van der Waals surface area contributed by atoms with Crippen LogP contribution >= 0.6 is 0 Å². The Hall–Kier alpha value is -1.64. The second kappa shape index (κ2) is 3.39. The summed E-state index contributed by atoms with van der Waals surface area (Å²) >= 11 is 0. The van der Waals surface area contributed by atoms with E-state index in [4.69, 9.17) is 5.73 Å². The monoisotopic (exact) mass is 173 g/mol. The molecule has 13 heavy (non-hydrogen) atoms. The fourth-order valence-corrected chi connectivity index (χ4v) is 1.25. The highest BCUT2D eigenvalue weighted by atomic mass is 15.0. The highest BCUT2D eigenvalue weighted by Crippen LogP contribution is 2.14. The summed E-state index contributed by atoms with van der Waals surface area (Å²) in [7, 11) is 0. The van der Waals surface area contributed by atoms with Crippen LogP contribution in [-0.2, 0) is 0 Å². The predicted molar refractivity (Wildman–Crippen MR) is 54.4 cm³/mol. The van der Waals surface area contributed by atoms with Gasteiger partial charge in [-0.2, -0.15) is 0 Å². The van der Waals surface area contributed by atoms with Crippen molar-refractivity contribution in [2.75, 3.05) is 0 Å². The number of hydrogen-bond donors (Lipinski definition) is 1. The van der Waals surface area contributed by atoms with Crippen LogP contribution < -0.4 is 5.73 Å². The first kappa shape index (κ1) is 7.98. The van der Waals surface area contributed by atoms with Crippen molar-refractivity contribution in [1.82, 2.24) is 0 Å². The Balaban J connectivity index is 2.22.